The van der Waals surface area contributed by atoms with Gasteiger partial charge < -0.3 is 20.3 Å². The molecular weight excluding hydrogens is 262 g/mol. The van der Waals surface area contributed by atoms with E-state index in [1.165, 1.54) is 0 Å². The lowest BCUT2D eigenvalue weighted by molar-refractivity contribution is -0.143. The summed E-state index contributed by atoms with van der Waals surface area (Å²) in [6, 6.07) is -1.40. The number of hydrogen-bond acceptors (Lipinski definition) is 4. The van der Waals surface area contributed by atoms with Crippen LogP contribution in [-0.2, 0) is 9.53 Å². The van der Waals surface area contributed by atoms with Crippen LogP contribution in [0.5, 0.6) is 0 Å². The van der Waals surface area contributed by atoms with E-state index in [0.717, 1.165) is 0 Å². The Labute approximate surface area is 119 Å². The normalized spacial score (nSPS) is 16.5. The molecule has 0 aliphatic rings. The van der Waals surface area contributed by atoms with Crippen molar-refractivity contribution in [1.29, 1.82) is 0 Å². The van der Waals surface area contributed by atoms with Crippen molar-refractivity contribution in [1.82, 2.24) is 5.32 Å². The van der Waals surface area contributed by atoms with E-state index in [1.807, 2.05) is 19.1 Å². The molecule has 20 heavy (non-hydrogen) atoms. The maximum atomic E-state index is 11.6. The first-order valence-electron chi connectivity index (χ1n) is 6.60. The van der Waals surface area contributed by atoms with E-state index in [0.29, 0.717) is 6.42 Å². The van der Waals surface area contributed by atoms with Crippen LogP contribution in [0.3, 0.4) is 0 Å². The summed E-state index contributed by atoms with van der Waals surface area (Å²) in [4.78, 5) is 22.8. The highest BCUT2D eigenvalue weighted by Gasteiger charge is 2.33. The van der Waals surface area contributed by atoms with Gasteiger partial charge in [0.2, 0.25) is 0 Å². The highest BCUT2D eigenvalue weighted by Crippen LogP contribution is 2.14. The molecule has 0 fully saturated rings. The highest BCUT2D eigenvalue weighted by molar-refractivity contribution is 5.80. The molecule has 0 aliphatic heterocycles. The first-order chi connectivity index (χ1) is 9.08. The molecule has 0 saturated carbocycles. The third-order valence-corrected chi connectivity index (χ3v) is 2.61. The Hall–Kier alpha value is -1.56. The van der Waals surface area contributed by atoms with Crippen LogP contribution in [0.4, 0.5) is 4.79 Å². The van der Waals surface area contributed by atoms with Crippen molar-refractivity contribution in [2.24, 2.45) is 5.92 Å². The number of carbonyl (C=O) groups is 2. The van der Waals surface area contributed by atoms with E-state index >= 15 is 0 Å². The second kappa shape index (κ2) is 7.89. The molecule has 0 aromatic carbocycles. The Bertz CT molecular complexity index is 359. The molecule has 0 saturated heterocycles. The van der Waals surface area contributed by atoms with Crippen LogP contribution in [0.2, 0.25) is 0 Å². The zero-order valence-electron chi connectivity index (χ0n) is 12.7. The molecule has 0 radical (unpaired) electrons. The standard InChI is InChI=1S/C14H25NO5/c1-6-7-8-9(2)11(16)10(12(17)18)15-13(19)20-14(3,4)5/h6-7,9-11,16H,8H2,1-5H3,(H,15,19)(H,17,18)/b7-6+/t9-,10+,11-/m0/s1. The van der Waals surface area contributed by atoms with Crippen molar-refractivity contribution in [2.45, 2.75) is 58.8 Å². The third kappa shape index (κ3) is 7.13. The van der Waals surface area contributed by atoms with Crippen LogP contribution in [0.15, 0.2) is 12.2 Å². The van der Waals surface area contributed by atoms with Crippen LogP contribution in [0, 0.1) is 5.92 Å². The number of alkyl carbamates (subject to hydrolysis) is 1. The Morgan fingerprint density at radius 1 is 1.35 bits per heavy atom. The number of aliphatic carboxylic acids is 1. The number of amides is 1. The second-order valence-corrected chi connectivity index (χ2v) is 5.73. The summed E-state index contributed by atoms with van der Waals surface area (Å²) < 4.78 is 4.99. The van der Waals surface area contributed by atoms with Gasteiger partial charge in [0.1, 0.15) is 5.60 Å². The summed E-state index contributed by atoms with van der Waals surface area (Å²) in [5.74, 6) is -1.60. The molecule has 0 aromatic heterocycles. The number of rotatable bonds is 6. The van der Waals surface area contributed by atoms with Crippen molar-refractivity contribution in [3.05, 3.63) is 12.2 Å². The fraction of sp³-hybridized carbons (Fsp3) is 0.714. The van der Waals surface area contributed by atoms with Crippen molar-refractivity contribution in [2.75, 3.05) is 0 Å². The number of carboxylic acids is 1. The lowest BCUT2D eigenvalue weighted by Gasteiger charge is -2.26. The quantitative estimate of drug-likeness (QED) is 0.649. The van der Waals surface area contributed by atoms with Gasteiger partial charge in [0.15, 0.2) is 6.04 Å². The van der Waals surface area contributed by atoms with Gasteiger partial charge in [-0.1, -0.05) is 19.1 Å². The van der Waals surface area contributed by atoms with Gasteiger partial charge in [0.25, 0.3) is 0 Å². The maximum Gasteiger partial charge on any atom is 0.408 e. The minimum atomic E-state index is -1.40. The predicted octanol–water partition coefficient (Wildman–Crippen LogP) is 1.93. The summed E-state index contributed by atoms with van der Waals surface area (Å²) in [7, 11) is 0. The Kier molecular flexibility index (Phi) is 7.28. The van der Waals surface area contributed by atoms with Crippen LogP contribution >= 0.6 is 0 Å². The number of nitrogens with one attached hydrogen (secondary N) is 1. The van der Waals surface area contributed by atoms with Gasteiger partial charge in [-0.05, 0) is 40.0 Å². The topological polar surface area (TPSA) is 95.9 Å². The minimum absolute atomic E-state index is 0.303. The zero-order chi connectivity index (χ0) is 15.9. The van der Waals surface area contributed by atoms with Crippen LogP contribution in [-0.4, -0.2) is 40.0 Å². The minimum Gasteiger partial charge on any atom is -0.480 e. The van der Waals surface area contributed by atoms with E-state index in [2.05, 4.69) is 5.32 Å². The Balaban J connectivity index is 4.72. The van der Waals surface area contributed by atoms with Gasteiger partial charge in [-0.3, -0.25) is 0 Å². The Morgan fingerprint density at radius 2 is 1.90 bits per heavy atom. The molecule has 3 N–H and O–H groups in total. The first kappa shape index (κ1) is 18.4. The fourth-order valence-electron chi connectivity index (χ4n) is 1.55. The number of hydrogen-bond donors (Lipinski definition) is 3. The van der Waals surface area contributed by atoms with Gasteiger partial charge in [-0.15, -0.1) is 0 Å². The third-order valence-electron chi connectivity index (χ3n) is 2.61. The molecule has 0 heterocycles. The summed E-state index contributed by atoms with van der Waals surface area (Å²) in [5.41, 5.74) is -0.728. The number of aliphatic hydroxyl groups is 1. The molecule has 0 rings (SSSR count). The molecule has 3 atom stereocenters. The van der Waals surface area contributed by atoms with E-state index in [-0.39, 0.29) is 5.92 Å². The maximum absolute atomic E-state index is 11.6. The number of carbonyl (C=O) groups excluding carboxylic acids is 1. The fourth-order valence-corrected chi connectivity index (χ4v) is 1.55. The van der Waals surface area contributed by atoms with Gasteiger partial charge >= 0.3 is 12.1 Å². The summed E-state index contributed by atoms with van der Waals surface area (Å²) in [6.07, 6.45) is 2.12. The Morgan fingerprint density at radius 3 is 2.30 bits per heavy atom. The molecule has 0 unspecified atom stereocenters. The smallest absolute Gasteiger partial charge is 0.408 e. The van der Waals surface area contributed by atoms with Gasteiger partial charge in [-0.2, -0.15) is 0 Å². The molecule has 6 heteroatoms. The first-order valence-corrected chi connectivity index (χ1v) is 6.60. The zero-order valence-corrected chi connectivity index (χ0v) is 12.7. The van der Waals surface area contributed by atoms with E-state index in [9.17, 15) is 14.7 Å². The second-order valence-electron chi connectivity index (χ2n) is 5.73. The average Bonchev–Trinajstić information content (AvgIpc) is 2.29. The van der Waals surface area contributed by atoms with Crippen molar-refractivity contribution in [3.63, 3.8) is 0 Å². The lowest BCUT2D eigenvalue weighted by atomic mass is 9.94. The molecule has 0 aliphatic carbocycles. The molecule has 116 valence electrons. The highest BCUT2D eigenvalue weighted by atomic mass is 16.6. The van der Waals surface area contributed by atoms with E-state index in [4.69, 9.17) is 9.84 Å². The summed E-state index contributed by atoms with van der Waals surface area (Å²) in [5, 5.41) is 21.3. The molecular formula is C14H25NO5. The summed E-state index contributed by atoms with van der Waals surface area (Å²) in [6.45, 7) is 8.58. The molecule has 0 spiro atoms. The molecule has 1 amide bonds. The van der Waals surface area contributed by atoms with E-state index in [1.54, 1.807) is 27.7 Å². The van der Waals surface area contributed by atoms with Crippen molar-refractivity contribution < 1.29 is 24.5 Å². The largest absolute Gasteiger partial charge is 0.480 e. The number of ether oxygens (including phenoxy) is 1. The number of aliphatic hydroxyl groups excluding tert-OH is 1. The number of allylic oxidation sites excluding steroid dienone is 2. The van der Waals surface area contributed by atoms with Gasteiger partial charge in [0, 0.05) is 0 Å². The molecule has 0 bridgehead atoms. The summed E-state index contributed by atoms with van der Waals surface area (Å²) >= 11 is 0. The van der Waals surface area contributed by atoms with Crippen molar-refractivity contribution in [3.8, 4) is 0 Å². The van der Waals surface area contributed by atoms with Gasteiger partial charge in [-0.25, -0.2) is 9.59 Å². The number of carboxylic acid groups (broad SMARTS) is 1. The van der Waals surface area contributed by atoms with Crippen LogP contribution in [0.1, 0.15) is 41.0 Å². The van der Waals surface area contributed by atoms with Crippen molar-refractivity contribution >= 4 is 12.1 Å². The monoisotopic (exact) mass is 287 g/mol. The lowest BCUT2D eigenvalue weighted by Crippen LogP contribution is -2.52. The van der Waals surface area contributed by atoms with Crippen LogP contribution < -0.4 is 5.32 Å². The van der Waals surface area contributed by atoms with Crippen LogP contribution in [0.25, 0.3) is 0 Å². The van der Waals surface area contributed by atoms with E-state index < -0.39 is 29.8 Å². The molecule has 0 aromatic rings. The average molecular weight is 287 g/mol. The SMILES string of the molecule is C/C=C/C[C@H](C)[C@H](O)[C@@H](NC(=O)OC(C)(C)C)C(=O)O. The predicted molar refractivity (Wildman–Crippen MR) is 75.4 cm³/mol. The molecule has 6 nitrogen and oxygen atoms in total. The van der Waals surface area contributed by atoms with Gasteiger partial charge in [0.05, 0.1) is 6.10 Å².